The van der Waals surface area contributed by atoms with Crippen molar-refractivity contribution in [2.75, 3.05) is 12.0 Å². The molecular formula is C34H66N6O13S. The molecule has 1 aromatic carbocycles. The molecule has 0 saturated heterocycles. The van der Waals surface area contributed by atoms with Gasteiger partial charge in [0, 0.05) is 0 Å². The van der Waals surface area contributed by atoms with Crippen molar-refractivity contribution in [1.29, 1.82) is 0 Å². The summed E-state index contributed by atoms with van der Waals surface area (Å²) in [5.74, 6) is -4.23. The van der Waals surface area contributed by atoms with Crippen LogP contribution in [0.3, 0.4) is 0 Å². The Labute approximate surface area is 321 Å². The molecule has 20 heteroatoms. The zero-order valence-electron chi connectivity index (χ0n) is 32.5. The van der Waals surface area contributed by atoms with Gasteiger partial charge in [0.05, 0.1) is 0 Å². The minimum atomic E-state index is -1.02. The Bertz CT molecular complexity index is 1190. The first-order chi connectivity index (χ1) is 24.6. The average Bonchev–Trinajstić information content (AvgIpc) is 3.07. The van der Waals surface area contributed by atoms with Crippen LogP contribution in [0.1, 0.15) is 73.3 Å². The first-order valence-corrected chi connectivity index (χ1v) is 18.2. The predicted octanol–water partition coefficient (Wildman–Crippen LogP) is 0.859. The quantitative estimate of drug-likeness (QED) is 0.110. The van der Waals surface area contributed by atoms with E-state index in [0.29, 0.717) is 18.8 Å². The molecule has 0 amide bonds. The average molecular weight is 799 g/mol. The molecule has 54 heavy (non-hydrogen) atoms. The van der Waals surface area contributed by atoms with Crippen molar-refractivity contribution in [3.63, 3.8) is 0 Å². The monoisotopic (exact) mass is 798 g/mol. The van der Waals surface area contributed by atoms with Gasteiger partial charge in [-0.15, -0.1) is 0 Å². The highest BCUT2D eigenvalue weighted by Gasteiger charge is 2.17. The molecular weight excluding hydrogens is 732 g/mol. The fraction of sp³-hybridized carbons (Fsp3) is 0.647. The maximum Gasteiger partial charge on any atom is 0.320 e. The number of hydrogen-bond donors (Lipinski definition) is 13. The van der Waals surface area contributed by atoms with Gasteiger partial charge in [-0.2, -0.15) is 11.8 Å². The van der Waals surface area contributed by atoms with Crippen LogP contribution >= 0.6 is 11.8 Å². The Hall–Kier alpha value is -4.05. The van der Waals surface area contributed by atoms with Crippen LogP contribution in [0.2, 0.25) is 0 Å². The summed E-state index contributed by atoms with van der Waals surface area (Å²) in [4.78, 5) is 60.3. The van der Waals surface area contributed by atoms with Gasteiger partial charge in [-0.05, 0) is 73.6 Å². The van der Waals surface area contributed by atoms with Crippen LogP contribution < -0.4 is 34.4 Å². The molecule has 0 radical (unpaired) electrons. The van der Waals surface area contributed by atoms with E-state index in [4.69, 9.17) is 70.1 Å². The van der Waals surface area contributed by atoms with E-state index in [1.54, 1.807) is 37.7 Å². The summed E-state index contributed by atoms with van der Waals surface area (Å²) >= 11 is 1.60. The highest BCUT2D eigenvalue weighted by molar-refractivity contribution is 7.98. The number of phenolic OH excluding ortho intramolecular Hbond substituents is 1. The third kappa shape index (κ3) is 39.2. The van der Waals surface area contributed by atoms with Gasteiger partial charge in [-0.1, -0.05) is 60.1 Å². The van der Waals surface area contributed by atoms with Crippen molar-refractivity contribution in [2.45, 2.75) is 110 Å². The summed E-state index contributed by atoms with van der Waals surface area (Å²) in [6, 6.07) is 1.91. The smallest absolute Gasteiger partial charge is 0.320 e. The SMILES string of the molecule is CC(C)C(N)C(=O)O.CC(C)CC(N)C(=O)O.CC(N)C(=O)O.CCC(C)C(N)C(=O)O.CSCCC(N)C(=O)O.NC(Cc1ccc(O)cc1)C(=O)O. The Morgan fingerprint density at radius 3 is 1.20 bits per heavy atom. The summed E-state index contributed by atoms with van der Waals surface area (Å²) in [6.07, 6.45) is 4.11. The van der Waals surface area contributed by atoms with E-state index >= 15 is 0 Å². The lowest BCUT2D eigenvalue weighted by molar-refractivity contribution is -0.140. The lowest BCUT2D eigenvalue weighted by atomic mass is 10.0. The first kappa shape index (κ1) is 59.2. The Kier molecular flexibility index (Phi) is 38.1. The lowest BCUT2D eigenvalue weighted by Gasteiger charge is -2.11. The van der Waals surface area contributed by atoms with Crippen molar-refractivity contribution in [1.82, 2.24) is 0 Å². The number of rotatable bonds is 16. The molecule has 0 aliphatic rings. The number of benzene rings is 1. The molecule has 316 valence electrons. The molecule has 0 fully saturated rings. The van der Waals surface area contributed by atoms with E-state index in [-0.39, 0.29) is 24.0 Å². The topological polar surface area (TPSA) is 400 Å². The number of nitrogens with two attached hydrogens (primary N) is 6. The van der Waals surface area contributed by atoms with Crippen molar-refractivity contribution >= 4 is 47.6 Å². The molecule has 0 aliphatic heterocycles. The van der Waals surface area contributed by atoms with Crippen LogP contribution in [-0.2, 0) is 35.2 Å². The number of aromatic hydroxyl groups is 1. The molecule has 7 atom stereocenters. The van der Waals surface area contributed by atoms with Crippen LogP contribution in [-0.4, -0.2) is 120 Å². The van der Waals surface area contributed by atoms with Gasteiger partial charge >= 0.3 is 35.8 Å². The number of hydrogen-bond acceptors (Lipinski definition) is 14. The standard InChI is InChI=1S/C9H11NO3.2C6H13NO2.C5H11NO2S.C5H11NO2.C3H7NO2/c10-8(9(12)13)5-6-1-3-7(11)4-2-6;1-4(2)3-5(7)6(8)9;1-3-4(2)5(7)6(8)9;1-9-3-2-4(6)5(7)8;1-3(2)4(6)5(7)8;1-2(4)3(5)6/h1-4,8,11H,5,10H2,(H,12,13);2*4-5H,3,7H2,1-2H3,(H,8,9);4H,2-3,6H2,1H3,(H,7,8);3-4H,6H2,1-2H3,(H,7,8);2H,4H2,1H3,(H,5,6). The van der Waals surface area contributed by atoms with Crippen LogP contribution in [0.25, 0.3) is 0 Å². The van der Waals surface area contributed by atoms with E-state index in [1.165, 1.54) is 19.1 Å². The summed E-state index contributed by atoms with van der Waals surface area (Å²) in [5.41, 5.74) is 31.8. The normalized spacial score (nSPS) is 13.9. The van der Waals surface area contributed by atoms with Crippen molar-refractivity contribution in [2.24, 2.45) is 52.2 Å². The second kappa shape index (κ2) is 34.7. The molecule has 0 spiro atoms. The summed E-state index contributed by atoms with van der Waals surface area (Å²) in [5, 5.41) is 58.5. The van der Waals surface area contributed by atoms with Crippen molar-refractivity contribution in [3.05, 3.63) is 29.8 Å². The molecule has 1 rings (SSSR count). The van der Waals surface area contributed by atoms with Crippen LogP contribution in [0.5, 0.6) is 5.75 Å². The lowest BCUT2D eigenvalue weighted by Crippen LogP contribution is -2.36. The third-order valence-electron chi connectivity index (χ3n) is 6.64. The highest BCUT2D eigenvalue weighted by atomic mass is 32.2. The number of thioether (sulfide) groups is 1. The summed E-state index contributed by atoms with van der Waals surface area (Å²) in [6.45, 7) is 12.6. The summed E-state index contributed by atoms with van der Waals surface area (Å²) in [7, 11) is 0. The number of carboxylic acids is 6. The van der Waals surface area contributed by atoms with Gasteiger partial charge in [0.15, 0.2) is 0 Å². The third-order valence-corrected chi connectivity index (χ3v) is 7.28. The molecule has 0 bridgehead atoms. The van der Waals surface area contributed by atoms with Crippen LogP contribution in [0.4, 0.5) is 0 Å². The highest BCUT2D eigenvalue weighted by Crippen LogP contribution is 2.11. The molecule has 7 unspecified atom stereocenters. The molecule has 0 heterocycles. The van der Waals surface area contributed by atoms with E-state index in [1.807, 2.05) is 34.0 Å². The van der Waals surface area contributed by atoms with E-state index in [9.17, 15) is 28.8 Å². The molecule has 19 N–H and O–H groups in total. The molecule has 19 nitrogen and oxygen atoms in total. The minimum Gasteiger partial charge on any atom is -0.508 e. The van der Waals surface area contributed by atoms with Gasteiger partial charge in [0.25, 0.3) is 0 Å². The maximum absolute atomic E-state index is 10.4. The maximum atomic E-state index is 10.4. The van der Waals surface area contributed by atoms with E-state index in [0.717, 1.165) is 17.7 Å². The van der Waals surface area contributed by atoms with Gasteiger partial charge in [-0.25, -0.2) is 0 Å². The van der Waals surface area contributed by atoms with Crippen LogP contribution in [0, 0.1) is 17.8 Å². The Balaban J connectivity index is -0.000000181. The second-order valence-corrected chi connectivity index (χ2v) is 13.6. The number of aliphatic carboxylic acids is 6. The molecule has 0 saturated carbocycles. The molecule has 0 aromatic heterocycles. The van der Waals surface area contributed by atoms with Gasteiger partial charge in [-0.3, -0.25) is 28.8 Å². The van der Waals surface area contributed by atoms with Crippen molar-refractivity contribution in [3.8, 4) is 5.75 Å². The van der Waals surface area contributed by atoms with Crippen LogP contribution in [0.15, 0.2) is 24.3 Å². The number of carboxylic acid groups (broad SMARTS) is 6. The largest absolute Gasteiger partial charge is 0.508 e. The zero-order valence-corrected chi connectivity index (χ0v) is 33.3. The fourth-order valence-corrected chi connectivity index (χ4v) is 3.22. The molecule has 1 aromatic rings. The van der Waals surface area contributed by atoms with Crippen molar-refractivity contribution < 1.29 is 64.5 Å². The molecule has 0 aliphatic carbocycles. The number of carbonyl (C=O) groups is 6. The predicted molar refractivity (Wildman–Crippen MR) is 208 cm³/mol. The summed E-state index contributed by atoms with van der Waals surface area (Å²) < 4.78 is 0. The van der Waals surface area contributed by atoms with Gasteiger partial charge < -0.3 is 70.1 Å². The Morgan fingerprint density at radius 1 is 0.611 bits per heavy atom. The van der Waals surface area contributed by atoms with E-state index < -0.39 is 72.1 Å². The van der Waals surface area contributed by atoms with Gasteiger partial charge in [0.1, 0.15) is 42.0 Å². The fourth-order valence-electron chi connectivity index (χ4n) is 2.73. The first-order valence-electron chi connectivity index (χ1n) is 16.8. The Morgan fingerprint density at radius 2 is 1.00 bits per heavy atom. The number of phenols is 1. The zero-order chi connectivity index (χ0) is 43.9. The van der Waals surface area contributed by atoms with E-state index in [2.05, 4.69) is 0 Å². The van der Waals surface area contributed by atoms with Gasteiger partial charge in [0.2, 0.25) is 0 Å². The second-order valence-electron chi connectivity index (χ2n) is 12.6. The minimum absolute atomic E-state index is 0.0208.